The second-order valence-corrected chi connectivity index (χ2v) is 4.42. The molecule has 0 fully saturated rings. The quantitative estimate of drug-likeness (QED) is 0.875. The van der Waals surface area contributed by atoms with Gasteiger partial charge in [-0.05, 0) is 25.8 Å². The van der Waals surface area contributed by atoms with Crippen LogP contribution in [-0.4, -0.2) is 15.6 Å². The zero-order chi connectivity index (χ0) is 12.3. The summed E-state index contributed by atoms with van der Waals surface area (Å²) >= 11 is 0. The van der Waals surface area contributed by atoms with E-state index in [9.17, 15) is 0 Å². The van der Waals surface area contributed by atoms with E-state index in [1.54, 1.807) is 0 Å². The van der Waals surface area contributed by atoms with E-state index in [2.05, 4.69) is 40.7 Å². The molecule has 3 heteroatoms. The highest BCUT2D eigenvalue weighted by Gasteiger charge is 2.04. The third kappa shape index (κ3) is 2.74. The summed E-state index contributed by atoms with van der Waals surface area (Å²) in [4.78, 5) is 4.39. The highest BCUT2D eigenvalue weighted by Crippen LogP contribution is 2.18. The van der Waals surface area contributed by atoms with Gasteiger partial charge in [0.2, 0.25) is 0 Å². The zero-order valence-corrected chi connectivity index (χ0v) is 10.4. The van der Waals surface area contributed by atoms with E-state index in [0.29, 0.717) is 0 Å². The van der Waals surface area contributed by atoms with Crippen LogP contribution in [0.4, 0.5) is 0 Å². The second-order valence-electron chi connectivity index (χ2n) is 4.42. The third-order valence-corrected chi connectivity index (χ3v) is 2.83. The van der Waals surface area contributed by atoms with Gasteiger partial charge < -0.3 is 10.3 Å². The Balaban J connectivity index is 2.23. The third-order valence-electron chi connectivity index (χ3n) is 2.83. The van der Waals surface area contributed by atoms with Crippen molar-refractivity contribution in [3.05, 3.63) is 42.2 Å². The molecule has 0 radical (unpaired) electrons. The summed E-state index contributed by atoms with van der Waals surface area (Å²) in [6, 6.07) is 8.71. The molecule has 2 N–H and O–H groups in total. The van der Waals surface area contributed by atoms with Crippen LogP contribution in [0.25, 0.3) is 11.4 Å². The Morgan fingerprint density at radius 3 is 2.59 bits per heavy atom. The Bertz CT molecular complexity index is 468. The first kappa shape index (κ1) is 11.9. The molecule has 1 aromatic heterocycles. The lowest BCUT2D eigenvalue weighted by Gasteiger charge is -2.07. The van der Waals surface area contributed by atoms with E-state index in [1.807, 2.05) is 19.3 Å². The van der Waals surface area contributed by atoms with Crippen LogP contribution in [0.1, 0.15) is 19.4 Å². The van der Waals surface area contributed by atoms with Crippen LogP contribution < -0.4 is 5.73 Å². The first-order chi connectivity index (χ1) is 8.20. The molecule has 0 aliphatic heterocycles. The number of benzene rings is 1. The van der Waals surface area contributed by atoms with Crippen LogP contribution >= 0.6 is 0 Å². The second kappa shape index (κ2) is 5.15. The summed E-state index contributed by atoms with van der Waals surface area (Å²) in [7, 11) is 0. The maximum absolute atomic E-state index is 5.79. The molecule has 0 aliphatic carbocycles. The van der Waals surface area contributed by atoms with Crippen molar-refractivity contribution >= 4 is 0 Å². The number of aromatic nitrogens is 2. The molecule has 1 atom stereocenters. The number of hydrogen-bond acceptors (Lipinski definition) is 2. The molecular weight excluding hydrogens is 210 g/mol. The number of aryl methyl sites for hydroxylation is 1. The molecule has 2 rings (SSSR count). The lowest BCUT2D eigenvalue weighted by molar-refractivity contribution is 0.738. The summed E-state index contributed by atoms with van der Waals surface area (Å²) in [6.07, 6.45) is 4.77. The molecule has 0 saturated carbocycles. The Morgan fingerprint density at radius 1 is 1.29 bits per heavy atom. The smallest absolute Gasteiger partial charge is 0.139 e. The maximum atomic E-state index is 5.79. The number of rotatable bonds is 4. The van der Waals surface area contributed by atoms with Gasteiger partial charge in [0.25, 0.3) is 0 Å². The average Bonchev–Trinajstić information content (AvgIpc) is 2.77. The van der Waals surface area contributed by atoms with Crippen molar-refractivity contribution in [2.45, 2.75) is 32.9 Å². The normalized spacial score (nSPS) is 12.6. The minimum atomic E-state index is 0.207. The summed E-state index contributed by atoms with van der Waals surface area (Å²) in [5.74, 6) is 1.03. The molecule has 1 aromatic carbocycles. The summed E-state index contributed by atoms with van der Waals surface area (Å²) in [5.41, 5.74) is 8.22. The van der Waals surface area contributed by atoms with Gasteiger partial charge in [-0.3, -0.25) is 0 Å². The van der Waals surface area contributed by atoms with E-state index in [4.69, 9.17) is 5.73 Å². The minimum Gasteiger partial charge on any atom is -0.331 e. The van der Waals surface area contributed by atoms with Gasteiger partial charge in [0.1, 0.15) is 5.82 Å². The van der Waals surface area contributed by atoms with E-state index < -0.39 is 0 Å². The summed E-state index contributed by atoms with van der Waals surface area (Å²) in [5, 5.41) is 0. The molecule has 3 nitrogen and oxygen atoms in total. The fraction of sp³-hybridized carbons (Fsp3) is 0.357. The number of nitrogens with zero attached hydrogens (tertiary/aromatic N) is 2. The van der Waals surface area contributed by atoms with Crippen molar-refractivity contribution in [3.8, 4) is 11.4 Å². The van der Waals surface area contributed by atoms with Gasteiger partial charge in [-0.2, -0.15) is 0 Å². The molecule has 0 amide bonds. The Kier molecular flexibility index (Phi) is 3.59. The standard InChI is InChI=1S/C14H19N3/c1-3-17-9-8-16-14(17)13-6-4-12(5-7-13)10-11(2)15/h4-9,11H,3,10,15H2,1-2H3. The number of nitrogens with two attached hydrogens (primary N) is 1. The molecule has 1 unspecified atom stereocenters. The van der Waals surface area contributed by atoms with Crippen LogP contribution in [-0.2, 0) is 13.0 Å². The van der Waals surface area contributed by atoms with Crippen molar-refractivity contribution < 1.29 is 0 Å². The van der Waals surface area contributed by atoms with Crippen LogP contribution in [0, 0.1) is 0 Å². The fourth-order valence-electron chi connectivity index (χ4n) is 1.99. The predicted octanol–water partition coefficient (Wildman–Crippen LogP) is 2.46. The van der Waals surface area contributed by atoms with Crippen molar-refractivity contribution in [2.24, 2.45) is 5.73 Å². The molecule has 0 bridgehead atoms. The summed E-state index contributed by atoms with van der Waals surface area (Å²) < 4.78 is 2.14. The number of imidazole rings is 1. The number of hydrogen-bond donors (Lipinski definition) is 1. The molecular formula is C14H19N3. The molecule has 0 aliphatic rings. The van der Waals surface area contributed by atoms with E-state index in [-0.39, 0.29) is 6.04 Å². The highest BCUT2D eigenvalue weighted by atomic mass is 15.1. The molecule has 90 valence electrons. The van der Waals surface area contributed by atoms with Gasteiger partial charge in [0.05, 0.1) is 0 Å². The Hall–Kier alpha value is -1.61. The SMILES string of the molecule is CCn1ccnc1-c1ccc(CC(C)N)cc1. The summed E-state index contributed by atoms with van der Waals surface area (Å²) in [6.45, 7) is 5.09. The van der Waals surface area contributed by atoms with Crippen LogP contribution in [0.5, 0.6) is 0 Å². The van der Waals surface area contributed by atoms with Gasteiger partial charge in [-0.15, -0.1) is 0 Å². The van der Waals surface area contributed by atoms with E-state index in [1.165, 1.54) is 5.56 Å². The van der Waals surface area contributed by atoms with Gasteiger partial charge in [-0.1, -0.05) is 24.3 Å². The lowest BCUT2D eigenvalue weighted by Crippen LogP contribution is -2.17. The first-order valence-electron chi connectivity index (χ1n) is 6.06. The fourth-order valence-corrected chi connectivity index (χ4v) is 1.99. The van der Waals surface area contributed by atoms with Crippen LogP contribution in [0.3, 0.4) is 0 Å². The highest BCUT2D eigenvalue weighted by molar-refractivity contribution is 5.56. The average molecular weight is 229 g/mol. The molecule has 0 spiro atoms. The maximum Gasteiger partial charge on any atom is 0.139 e. The first-order valence-corrected chi connectivity index (χ1v) is 6.06. The van der Waals surface area contributed by atoms with Gasteiger partial charge >= 0.3 is 0 Å². The van der Waals surface area contributed by atoms with Crippen molar-refractivity contribution in [2.75, 3.05) is 0 Å². The minimum absolute atomic E-state index is 0.207. The molecule has 17 heavy (non-hydrogen) atoms. The van der Waals surface area contributed by atoms with E-state index in [0.717, 1.165) is 24.4 Å². The predicted molar refractivity (Wildman–Crippen MR) is 70.7 cm³/mol. The van der Waals surface area contributed by atoms with Crippen molar-refractivity contribution in [1.29, 1.82) is 0 Å². The van der Waals surface area contributed by atoms with Gasteiger partial charge in [0, 0.05) is 30.5 Å². The zero-order valence-electron chi connectivity index (χ0n) is 10.4. The topological polar surface area (TPSA) is 43.8 Å². The van der Waals surface area contributed by atoms with Gasteiger partial charge in [-0.25, -0.2) is 4.98 Å². The lowest BCUT2D eigenvalue weighted by atomic mass is 10.1. The van der Waals surface area contributed by atoms with Gasteiger partial charge in [0.15, 0.2) is 0 Å². The van der Waals surface area contributed by atoms with Crippen LogP contribution in [0.15, 0.2) is 36.7 Å². The monoisotopic (exact) mass is 229 g/mol. The Labute approximate surface area is 102 Å². The Morgan fingerprint density at radius 2 is 2.00 bits per heavy atom. The molecule has 2 aromatic rings. The van der Waals surface area contributed by atoms with Crippen LogP contribution in [0.2, 0.25) is 0 Å². The largest absolute Gasteiger partial charge is 0.331 e. The molecule has 0 saturated heterocycles. The van der Waals surface area contributed by atoms with Crippen molar-refractivity contribution in [1.82, 2.24) is 9.55 Å². The molecule has 1 heterocycles. The van der Waals surface area contributed by atoms with Crippen molar-refractivity contribution in [3.63, 3.8) is 0 Å². The van der Waals surface area contributed by atoms with E-state index >= 15 is 0 Å².